The molecule has 0 saturated carbocycles. The zero-order chi connectivity index (χ0) is 15.0. The summed E-state index contributed by atoms with van der Waals surface area (Å²) in [6.07, 6.45) is 17.4. The second-order valence-corrected chi connectivity index (χ2v) is 5.88. The Kier molecular flexibility index (Phi) is 24.7. The zero-order valence-electron chi connectivity index (χ0n) is 12.6. The van der Waals surface area contributed by atoms with Crippen LogP contribution in [-0.2, 0) is 10.4 Å². The Morgan fingerprint density at radius 1 is 0.600 bits per heavy atom. The molecular formula is C14H33LiO4S. The third kappa shape index (κ3) is 42.8. The quantitative estimate of drug-likeness (QED) is 0.337. The van der Waals surface area contributed by atoms with Crippen LogP contribution in [0.5, 0.6) is 0 Å². The molecule has 0 rings (SSSR count). The number of unbranched alkanes of at least 4 members (excludes halogenated alkanes) is 11. The van der Waals surface area contributed by atoms with Crippen LogP contribution in [0.2, 0.25) is 0 Å². The van der Waals surface area contributed by atoms with Crippen LogP contribution in [0.15, 0.2) is 0 Å². The minimum atomic E-state index is -4.67. The molecule has 0 aromatic heterocycles. The van der Waals surface area contributed by atoms with E-state index >= 15 is 0 Å². The van der Waals surface area contributed by atoms with E-state index in [2.05, 4.69) is 13.8 Å². The van der Waals surface area contributed by atoms with Gasteiger partial charge in [0.1, 0.15) is 0 Å². The fourth-order valence-corrected chi connectivity index (χ4v) is 1.91. The van der Waals surface area contributed by atoms with Crippen LogP contribution in [0.1, 0.15) is 90.9 Å². The Bertz CT molecular complexity index is 236. The summed E-state index contributed by atoms with van der Waals surface area (Å²) in [6, 6.07) is 0. The van der Waals surface area contributed by atoms with Crippen molar-refractivity contribution in [3.63, 3.8) is 0 Å². The Morgan fingerprint density at radius 3 is 0.900 bits per heavy atom. The molecule has 6 heteroatoms. The maximum absolute atomic E-state index is 8.74. The molecule has 0 spiro atoms. The maximum atomic E-state index is 8.74. The van der Waals surface area contributed by atoms with E-state index in [1.165, 1.54) is 77.0 Å². The molecule has 0 amide bonds. The predicted molar refractivity (Wildman–Crippen MR) is 88.1 cm³/mol. The summed E-state index contributed by atoms with van der Waals surface area (Å²) in [7, 11) is -4.67. The first-order valence-corrected chi connectivity index (χ1v) is 9.01. The number of hydrogen-bond acceptors (Lipinski definition) is 2. The molecule has 0 heterocycles. The monoisotopic (exact) mass is 304 g/mol. The Labute approximate surface area is 137 Å². The Morgan fingerprint density at radius 2 is 0.750 bits per heavy atom. The van der Waals surface area contributed by atoms with E-state index in [4.69, 9.17) is 17.5 Å². The molecule has 0 aliphatic carbocycles. The van der Waals surface area contributed by atoms with Gasteiger partial charge in [0.15, 0.2) is 0 Å². The molecule has 0 aromatic carbocycles. The van der Waals surface area contributed by atoms with Gasteiger partial charge in [0.25, 0.3) is 0 Å². The molecule has 0 unspecified atom stereocenters. The van der Waals surface area contributed by atoms with E-state index in [1.54, 1.807) is 0 Å². The van der Waals surface area contributed by atoms with Gasteiger partial charge in [0, 0.05) is 0 Å². The van der Waals surface area contributed by atoms with Crippen LogP contribution in [0.3, 0.4) is 0 Å². The molecule has 120 valence electrons. The van der Waals surface area contributed by atoms with Crippen LogP contribution < -0.4 is 0 Å². The summed E-state index contributed by atoms with van der Waals surface area (Å²) in [5, 5.41) is 0. The van der Waals surface area contributed by atoms with Crippen molar-refractivity contribution in [1.29, 1.82) is 0 Å². The van der Waals surface area contributed by atoms with Gasteiger partial charge in [0.2, 0.25) is 0 Å². The number of rotatable bonds is 11. The van der Waals surface area contributed by atoms with Crippen molar-refractivity contribution < 1.29 is 17.5 Å². The summed E-state index contributed by atoms with van der Waals surface area (Å²) < 4.78 is 31.6. The third-order valence-corrected chi connectivity index (χ3v) is 2.96. The predicted octanol–water partition coefficient (Wildman–Crippen LogP) is 4.41. The molecule has 0 fully saturated rings. The molecular weight excluding hydrogens is 271 g/mol. The molecule has 0 atom stereocenters. The molecule has 0 aromatic rings. The van der Waals surface area contributed by atoms with Gasteiger partial charge in [-0.1, -0.05) is 90.9 Å². The normalized spacial score (nSPS) is 10.4. The minimum absolute atomic E-state index is 0. The molecule has 0 saturated heterocycles. The van der Waals surface area contributed by atoms with Crippen molar-refractivity contribution in [3.8, 4) is 0 Å². The first-order chi connectivity index (χ1) is 8.91. The topological polar surface area (TPSA) is 74.6 Å². The molecule has 0 aliphatic heterocycles. The van der Waals surface area contributed by atoms with Gasteiger partial charge in [-0.05, 0) is 0 Å². The van der Waals surface area contributed by atoms with E-state index in [0.717, 1.165) is 0 Å². The summed E-state index contributed by atoms with van der Waals surface area (Å²) in [6.45, 7) is 4.57. The number of hydrogen-bond donors (Lipinski definition) is 2. The van der Waals surface area contributed by atoms with Crippen molar-refractivity contribution in [2.45, 2.75) is 90.9 Å². The van der Waals surface area contributed by atoms with Crippen LogP contribution in [0.25, 0.3) is 0 Å². The summed E-state index contributed by atoms with van der Waals surface area (Å²) in [5.74, 6) is 0. The summed E-state index contributed by atoms with van der Waals surface area (Å²) in [4.78, 5) is 0. The van der Waals surface area contributed by atoms with E-state index in [0.29, 0.717) is 0 Å². The summed E-state index contributed by atoms with van der Waals surface area (Å²) >= 11 is 0. The van der Waals surface area contributed by atoms with Gasteiger partial charge < -0.3 is 0 Å². The van der Waals surface area contributed by atoms with Gasteiger partial charge in [0.05, 0.1) is 0 Å². The van der Waals surface area contributed by atoms with Gasteiger partial charge in [-0.3, -0.25) is 9.11 Å². The average molecular weight is 304 g/mol. The van der Waals surface area contributed by atoms with E-state index in [-0.39, 0.29) is 18.9 Å². The fourth-order valence-electron chi connectivity index (χ4n) is 1.91. The van der Waals surface area contributed by atoms with Crippen LogP contribution in [0, 0.1) is 0 Å². The fraction of sp³-hybridized carbons (Fsp3) is 1.00. The van der Waals surface area contributed by atoms with E-state index in [1.807, 2.05) is 0 Å². The first kappa shape index (κ1) is 25.4. The van der Waals surface area contributed by atoms with E-state index < -0.39 is 10.4 Å². The molecule has 2 N–H and O–H groups in total. The molecule has 4 nitrogen and oxygen atoms in total. The van der Waals surface area contributed by atoms with Crippen molar-refractivity contribution >= 4 is 29.3 Å². The molecule has 0 aliphatic rings. The third-order valence-electron chi connectivity index (χ3n) is 2.96. The van der Waals surface area contributed by atoms with Crippen molar-refractivity contribution in [2.24, 2.45) is 0 Å². The van der Waals surface area contributed by atoms with Gasteiger partial charge in [-0.2, -0.15) is 8.42 Å². The Balaban J connectivity index is -0.000000414. The first-order valence-electron chi connectivity index (χ1n) is 7.61. The van der Waals surface area contributed by atoms with Crippen molar-refractivity contribution in [3.05, 3.63) is 0 Å². The van der Waals surface area contributed by atoms with Gasteiger partial charge >= 0.3 is 29.3 Å². The van der Waals surface area contributed by atoms with Crippen molar-refractivity contribution in [2.75, 3.05) is 0 Å². The standard InChI is InChI=1S/C14H30.Li.H2O4S.H/c1-3-5-7-9-11-13-14-12-10-8-6-4-2;;1-5(2,3)4;/h3-14H2,1-2H3;;(H2,1,2,3,4);. The molecule has 20 heavy (non-hydrogen) atoms. The molecule has 0 radical (unpaired) electrons. The van der Waals surface area contributed by atoms with Crippen LogP contribution >= 0.6 is 0 Å². The summed E-state index contributed by atoms with van der Waals surface area (Å²) in [5.41, 5.74) is 0. The second-order valence-electron chi connectivity index (χ2n) is 4.98. The molecule has 0 bridgehead atoms. The Hall–Kier alpha value is 0.467. The van der Waals surface area contributed by atoms with Crippen LogP contribution in [0.4, 0.5) is 0 Å². The van der Waals surface area contributed by atoms with Gasteiger partial charge in [-0.25, -0.2) is 0 Å². The van der Waals surface area contributed by atoms with Gasteiger partial charge in [-0.15, -0.1) is 0 Å². The zero-order valence-corrected chi connectivity index (χ0v) is 13.4. The van der Waals surface area contributed by atoms with Crippen LogP contribution in [-0.4, -0.2) is 36.4 Å². The van der Waals surface area contributed by atoms with E-state index in [9.17, 15) is 0 Å². The average Bonchev–Trinajstić information content (AvgIpc) is 2.29. The SMILES string of the molecule is CCCCCCCCCCCCCC.O=S(=O)(O)O.[LiH]. The second kappa shape index (κ2) is 19.5. The van der Waals surface area contributed by atoms with Crippen molar-refractivity contribution in [1.82, 2.24) is 0 Å².